The maximum atomic E-state index is 13.8. The second-order valence-electron chi connectivity index (χ2n) is 4.51. The number of aryl methyl sites for hydroxylation is 1. The topological polar surface area (TPSA) is 85.4 Å². The SMILES string of the molecule is CCc1nc(COC(=O)c2cc(S(=O)(=O)NC)ccc2F)cs1. The molecule has 0 radical (unpaired) electrons. The first-order valence-corrected chi connectivity index (χ1v) is 9.07. The summed E-state index contributed by atoms with van der Waals surface area (Å²) in [5.74, 6) is -1.79. The van der Waals surface area contributed by atoms with Crippen LogP contribution in [0.5, 0.6) is 0 Å². The molecular weight excluding hydrogens is 343 g/mol. The van der Waals surface area contributed by atoms with Gasteiger partial charge in [0.2, 0.25) is 10.0 Å². The van der Waals surface area contributed by atoms with Crippen LogP contribution in [0.25, 0.3) is 0 Å². The van der Waals surface area contributed by atoms with Crippen LogP contribution in [-0.2, 0) is 27.8 Å². The minimum absolute atomic E-state index is 0.0994. The standard InChI is InChI=1S/C14H15FN2O4S2/c1-3-13-17-9(8-22-13)7-21-14(18)11-6-10(4-5-12(11)15)23(19,20)16-2/h4-6,8,16H,3,7H2,1-2H3. The molecule has 9 heteroatoms. The molecule has 0 atom stereocenters. The van der Waals surface area contributed by atoms with E-state index < -0.39 is 27.4 Å². The van der Waals surface area contributed by atoms with Crippen molar-refractivity contribution >= 4 is 27.3 Å². The summed E-state index contributed by atoms with van der Waals surface area (Å²) in [6.07, 6.45) is 0.775. The quantitative estimate of drug-likeness (QED) is 0.800. The molecule has 1 aromatic carbocycles. The first-order chi connectivity index (χ1) is 10.9. The lowest BCUT2D eigenvalue weighted by Gasteiger charge is -2.07. The molecular formula is C14H15FN2O4S2. The van der Waals surface area contributed by atoms with Gasteiger partial charge >= 0.3 is 5.97 Å². The highest BCUT2D eigenvalue weighted by Gasteiger charge is 2.19. The van der Waals surface area contributed by atoms with Crippen LogP contribution >= 0.6 is 11.3 Å². The molecule has 124 valence electrons. The second-order valence-corrected chi connectivity index (χ2v) is 7.34. The van der Waals surface area contributed by atoms with Gasteiger partial charge in [-0.05, 0) is 31.7 Å². The fraction of sp³-hybridized carbons (Fsp3) is 0.286. The second kappa shape index (κ2) is 7.16. The summed E-state index contributed by atoms with van der Waals surface area (Å²) in [6.45, 7) is 1.86. The van der Waals surface area contributed by atoms with Gasteiger partial charge in [-0.2, -0.15) is 0 Å². The predicted molar refractivity (Wildman–Crippen MR) is 83.3 cm³/mol. The number of aromatic nitrogens is 1. The van der Waals surface area contributed by atoms with Gasteiger partial charge in [-0.3, -0.25) is 0 Å². The van der Waals surface area contributed by atoms with E-state index in [9.17, 15) is 17.6 Å². The van der Waals surface area contributed by atoms with Gasteiger partial charge in [-0.15, -0.1) is 11.3 Å². The van der Waals surface area contributed by atoms with E-state index in [1.165, 1.54) is 18.4 Å². The van der Waals surface area contributed by atoms with Gasteiger partial charge in [-0.1, -0.05) is 6.92 Å². The van der Waals surface area contributed by atoms with E-state index in [0.717, 1.165) is 29.6 Å². The summed E-state index contributed by atoms with van der Waals surface area (Å²) in [7, 11) is -2.55. The molecule has 2 rings (SSSR count). The third kappa shape index (κ3) is 4.12. The number of rotatable bonds is 6. The van der Waals surface area contributed by atoms with E-state index >= 15 is 0 Å². The molecule has 23 heavy (non-hydrogen) atoms. The van der Waals surface area contributed by atoms with Crippen LogP contribution in [0.15, 0.2) is 28.5 Å². The molecule has 2 aromatic rings. The van der Waals surface area contributed by atoms with Crippen LogP contribution in [0.4, 0.5) is 4.39 Å². The van der Waals surface area contributed by atoms with Crippen molar-refractivity contribution in [1.29, 1.82) is 0 Å². The number of hydrogen-bond donors (Lipinski definition) is 1. The molecule has 0 saturated carbocycles. The van der Waals surface area contributed by atoms with Crippen LogP contribution in [0.2, 0.25) is 0 Å². The van der Waals surface area contributed by atoms with Gasteiger partial charge in [0, 0.05) is 5.38 Å². The molecule has 0 amide bonds. The van der Waals surface area contributed by atoms with Gasteiger partial charge in [0.05, 0.1) is 21.2 Å². The number of esters is 1. The van der Waals surface area contributed by atoms with Gasteiger partial charge in [-0.25, -0.2) is 27.3 Å². The Bertz CT molecular complexity index is 818. The lowest BCUT2D eigenvalue weighted by molar-refractivity contribution is 0.0462. The molecule has 0 aliphatic rings. The van der Waals surface area contributed by atoms with Crippen LogP contribution in [0, 0.1) is 5.82 Å². The zero-order valence-corrected chi connectivity index (χ0v) is 14.1. The van der Waals surface area contributed by atoms with Crippen molar-refractivity contribution in [3.05, 3.63) is 45.7 Å². The van der Waals surface area contributed by atoms with Crippen molar-refractivity contribution in [3.8, 4) is 0 Å². The van der Waals surface area contributed by atoms with Crippen LogP contribution in [0.1, 0.15) is 28.0 Å². The van der Waals surface area contributed by atoms with Crippen LogP contribution < -0.4 is 4.72 Å². The average Bonchev–Trinajstić information content (AvgIpc) is 3.01. The fourth-order valence-corrected chi connectivity index (χ4v) is 3.23. The lowest BCUT2D eigenvalue weighted by Crippen LogP contribution is -2.19. The summed E-state index contributed by atoms with van der Waals surface area (Å²) >= 11 is 1.44. The molecule has 1 aromatic heterocycles. The summed E-state index contributed by atoms with van der Waals surface area (Å²) < 4.78 is 44.3. The normalized spacial score (nSPS) is 11.4. The monoisotopic (exact) mass is 358 g/mol. The maximum Gasteiger partial charge on any atom is 0.341 e. The smallest absolute Gasteiger partial charge is 0.341 e. The third-order valence-electron chi connectivity index (χ3n) is 2.99. The van der Waals surface area contributed by atoms with Crippen LogP contribution in [-0.4, -0.2) is 26.4 Å². The third-order valence-corrected chi connectivity index (χ3v) is 5.44. The van der Waals surface area contributed by atoms with Crippen molar-refractivity contribution in [2.45, 2.75) is 24.8 Å². The zero-order valence-electron chi connectivity index (χ0n) is 12.5. The zero-order chi connectivity index (χ0) is 17.0. The molecule has 1 heterocycles. The average molecular weight is 358 g/mol. The Morgan fingerprint density at radius 1 is 1.43 bits per heavy atom. The summed E-state index contributed by atoms with van der Waals surface area (Å²) in [5.41, 5.74) is 0.131. The predicted octanol–water partition coefficient (Wildman–Crippen LogP) is 2.11. The number of halogens is 1. The first-order valence-electron chi connectivity index (χ1n) is 6.71. The number of carbonyl (C=O) groups is 1. The van der Waals surface area contributed by atoms with Gasteiger partial charge in [0.25, 0.3) is 0 Å². The summed E-state index contributed by atoms with van der Waals surface area (Å²) in [6, 6.07) is 2.94. The number of ether oxygens (including phenoxy) is 1. The molecule has 6 nitrogen and oxygen atoms in total. The largest absolute Gasteiger partial charge is 0.455 e. The minimum atomic E-state index is -3.77. The molecule has 1 N–H and O–H groups in total. The Labute approximate surface area is 137 Å². The van der Waals surface area contributed by atoms with Crippen molar-refractivity contribution < 1.29 is 22.3 Å². The fourth-order valence-electron chi connectivity index (χ4n) is 1.74. The molecule has 0 saturated heterocycles. The van der Waals surface area contributed by atoms with Crippen molar-refractivity contribution in [2.24, 2.45) is 0 Å². The number of nitrogens with zero attached hydrogens (tertiary/aromatic N) is 1. The molecule has 0 fully saturated rings. The number of hydrogen-bond acceptors (Lipinski definition) is 6. The van der Waals surface area contributed by atoms with E-state index in [1.54, 1.807) is 5.38 Å². The molecule has 0 aliphatic carbocycles. The molecule has 0 bridgehead atoms. The highest BCUT2D eigenvalue weighted by molar-refractivity contribution is 7.89. The number of carbonyl (C=O) groups excluding carboxylic acids is 1. The van der Waals surface area contributed by atoms with E-state index in [4.69, 9.17) is 4.74 Å². The Morgan fingerprint density at radius 2 is 2.17 bits per heavy atom. The molecule has 0 aliphatic heterocycles. The van der Waals surface area contributed by atoms with E-state index in [1.807, 2.05) is 6.92 Å². The summed E-state index contributed by atoms with van der Waals surface area (Å²) in [5, 5.41) is 2.66. The summed E-state index contributed by atoms with van der Waals surface area (Å²) in [4.78, 5) is 16.0. The number of thiazole rings is 1. The van der Waals surface area contributed by atoms with Gasteiger partial charge in [0.1, 0.15) is 12.4 Å². The van der Waals surface area contributed by atoms with Gasteiger partial charge in [0.15, 0.2) is 0 Å². The van der Waals surface area contributed by atoms with Crippen molar-refractivity contribution in [3.63, 3.8) is 0 Å². The maximum absolute atomic E-state index is 13.8. The van der Waals surface area contributed by atoms with Crippen molar-refractivity contribution in [1.82, 2.24) is 9.71 Å². The minimum Gasteiger partial charge on any atom is -0.455 e. The Balaban J connectivity index is 2.17. The van der Waals surface area contributed by atoms with Crippen LogP contribution in [0.3, 0.4) is 0 Å². The van der Waals surface area contributed by atoms with E-state index in [-0.39, 0.29) is 11.5 Å². The van der Waals surface area contributed by atoms with E-state index in [2.05, 4.69) is 9.71 Å². The highest BCUT2D eigenvalue weighted by Crippen LogP contribution is 2.17. The molecule has 0 spiro atoms. The Kier molecular flexibility index (Phi) is 5.45. The lowest BCUT2D eigenvalue weighted by atomic mass is 10.2. The number of nitrogens with one attached hydrogen (secondary N) is 1. The Hall–Kier alpha value is -1.84. The highest BCUT2D eigenvalue weighted by atomic mass is 32.2. The number of sulfonamides is 1. The molecule has 0 unspecified atom stereocenters. The number of benzene rings is 1. The first kappa shape index (κ1) is 17.5. The van der Waals surface area contributed by atoms with Gasteiger partial charge < -0.3 is 4.74 Å². The van der Waals surface area contributed by atoms with Crippen molar-refractivity contribution in [2.75, 3.05) is 7.05 Å². The van der Waals surface area contributed by atoms with E-state index in [0.29, 0.717) is 5.69 Å². The Morgan fingerprint density at radius 3 is 2.78 bits per heavy atom.